The first kappa shape index (κ1) is 11.9. The Hall–Kier alpha value is -1.60. The Morgan fingerprint density at radius 2 is 2.29 bits per heavy atom. The van der Waals surface area contributed by atoms with E-state index < -0.39 is 0 Å². The maximum atomic E-state index is 8.74. The first-order chi connectivity index (χ1) is 8.19. The second kappa shape index (κ2) is 4.72. The molecule has 0 radical (unpaired) electrons. The van der Waals surface area contributed by atoms with Gasteiger partial charge in [-0.2, -0.15) is 5.26 Å². The third kappa shape index (κ3) is 2.75. The lowest BCUT2D eigenvalue weighted by Crippen LogP contribution is -2.14. The summed E-state index contributed by atoms with van der Waals surface area (Å²) in [5.41, 5.74) is 7.46. The van der Waals surface area contributed by atoms with Crippen LogP contribution in [0.2, 0.25) is 0 Å². The van der Waals surface area contributed by atoms with Crippen LogP contribution in [0.4, 0.5) is 0 Å². The maximum absolute atomic E-state index is 8.74. The van der Waals surface area contributed by atoms with E-state index in [2.05, 4.69) is 11.1 Å². The van der Waals surface area contributed by atoms with Crippen molar-refractivity contribution in [2.24, 2.45) is 11.1 Å². The van der Waals surface area contributed by atoms with E-state index >= 15 is 0 Å². The molecule has 0 atom stereocenters. The Labute approximate surface area is 101 Å². The molecule has 4 nitrogen and oxygen atoms in total. The molecule has 0 saturated heterocycles. The number of rotatable bonds is 5. The second-order valence-corrected chi connectivity index (χ2v) is 4.73. The predicted molar refractivity (Wildman–Crippen MR) is 64.3 cm³/mol. The molecule has 0 unspecified atom stereocenters. The Balaban J connectivity index is 2.02. The number of hydrogen-bond acceptors (Lipinski definition) is 4. The van der Waals surface area contributed by atoms with Gasteiger partial charge < -0.3 is 10.5 Å². The first-order valence-corrected chi connectivity index (χ1v) is 5.85. The van der Waals surface area contributed by atoms with Crippen LogP contribution < -0.4 is 10.5 Å². The molecule has 1 aromatic heterocycles. The highest BCUT2D eigenvalue weighted by Crippen LogP contribution is 2.48. The van der Waals surface area contributed by atoms with Crippen molar-refractivity contribution in [2.45, 2.75) is 32.7 Å². The molecule has 17 heavy (non-hydrogen) atoms. The molecule has 90 valence electrons. The van der Waals surface area contributed by atoms with Crippen LogP contribution in [0.5, 0.6) is 5.75 Å². The summed E-state index contributed by atoms with van der Waals surface area (Å²) in [5.74, 6) is 0.752. The molecular formula is C13H17N3O. The van der Waals surface area contributed by atoms with Gasteiger partial charge in [0.1, 0.15) is 5.75 Å². The average Bonchev–Trinajstić information content (AvgIpc) is 3.08. The summed E-state index contributed by atoms with van der Waals surface area (Å²) in [4.78, 5) is 4.34. The fraction of sp³-hybridized carbons (Fsp3) is 0.538. The zero-order valence-electron chi connectivity index (χ0n) is 10.1. The Morgan fingerprint density at radius 3 is 2.88 bits per heavy atom. The van der Waals surface area contributed by atoms with Gasteiger partial charge in [0.2, 0.25) is 0 Å². The molecule has 0 aliphatic heterocycles. The van der Waals surface area contributed by atoms with Crippen LogP contribution in [0.1, 0.15) is 30.7 Å². The van der Waals surface area contributed by atoms with Crippen molar-refractivity contribution in [1.82, 2.24) is 4.98 Å². The molecule has 1 heterocycles. The number of aryl methyl sites for hydroxylation is 1. The first-order valence-electron chi connectivity index (χ1n) is 5.85. The fourth-order valence-electron chi connectivity index (χ4n) is 1.82. The van der Waals surface area contributed by atoms with Crippen LogP contribution in [0.3, 0.4) is 0 Å². The van der Waals surface area contributed by atoms with Crippen LogP contribution in [0, 0.1) is 23.7 Å². The van der Waals surface area contributed by atoms with E-state index in [-0.39, 0.29) is 5.41 Å². The topological polar surface area (TPSA) is 71.9 Å². The highest BCUT2D eigenvalue weighted by Gasteiger charge is 2.43. The van der Waals surface area contributed by atoms with Gasteiger partial charge in [0.15, 0.2) is 0 Å². The van der Waals surface area contributed by atoms with Crippen molar-refractivity contribution < 1.29 is 4.74 Å². The highest BCUT2D eigenvalue weighted by atomic mass is 16.5. The van der Waals surface area contributed by atoms with Gasteiger partial charge in [-0.25, -0.2) is 0 Å². The van der Waals surface area contributed by atoms with Crippen LogP contribution in [0.25, 0.3) is 0 Å². The number of ether oxygens (including phenoxy) is 1. The van der Waals surface area contributed by atoms with Gasteiger partial charge in [0.05, 0.1) is 18.4 Å². The van der Waals surface area contributed by atoms with Crippen LogP contribution in [0.15, 0.2) is 12.1 Å². The minimum atomic E-state index is 0.0888. The average molecular weight is 231 g/mol. The minimum absolute atomic E-state index is 0.0888. The minimum Gasteiger partial charge on any atom is -0.491 e. The summed E-state index contributed by atoms with van der Waals surface area (Å²) in [7, 11) is 0. The van der Waals surface area contributed by atoms with Crippen molar-refractivity contribution in [3.63, 3.8) is 0 Å². The molecule has 0 aromatic carbocycles. The molecule has 4 heteroatoms. The number of nitriles is 1. The molecule has 1 fully saturated rings. The van der Waals surface area contributed by atoms with Gasteiger partial charge in [-0.15, -0.1) is 0 Å². The Bertz CT molecular complexity index is 446. The summed E-state index contributed by atoms with van der Waals surface area (Å²) in [6, 6.07) is 6.05. The van der Waals surface area contributed by atoms with E-state index in [0.29, 0.717) is 19.6 Å². The lowest BCUT2D eigenvalue weighted by Gasteiger charge is -2.15. The highest BCUT2D eigenvalue weighted by molar-refractivity contribution is 5.29. The van der Waals surface area contributed by atoms with Crippen LogP contribution in [-0.4, -0.2) is 11.6 Å². The van der Waals surface area contributed by atoms with Crippen molar-refractivity contribution in [2.75, 3.05) is 6.61 Å². The van der Waals surface area contributed by atoms with E-state index in [1.165, 1.54) is 0 Å². The van der Waals surface area contributed by atoms with E-state index in [9.17, 15) is 0 Å². The molecule has 1 saturated carbocycles. The van der Waals surface area contributed by atoms with E-state index in [4.69, 9.17) is 15.7 Å². The SMILES string of the molecule is Cc1ccc(OCC2(CC#N)CC2)c(CN)n1. The third-order valence-corrected chi connectivity index (χ3v) is 3.21. The Morgan fingerprint density at radius 1 is 1.53 bits per heavy atom. The van der Waals surface area contributed by atoms with Crippen LogP contribution >= 0.6 is 0 Å². The lowest BCUT2D eigenvalue weighted by atomic mass is 10.1. The third-order valence-electron chi connectivity index (χ3n) is 3.21. The molecular weight excluding hydrogens is 214 g/mol. The van der Waals surface area contributed by atoms with E-state index in [0.717, 1.165) is 30.0 Å². The maximum Gasteiger partial charge on any atom is 0.142 e. The quantitative estimate of drug-likeness (QED) is 0.840. The number of nitrogens with two attached hydrogens (primary N) is 1. The van der Waals surface area contributed by atoms with E-state index in [1.54, 1.807) is 0 Å². The normalized spacial score (nSPS) is 16.3. The standard InChI is InChI=1S/C13H17N3O/c1-10-2-3-12(11(8-15)16-10)17-9-13(4-5-13)6-7-14/h2-3H,4-6,8-9,15H2,1H3. The summed E-state index contributed by atoms with van der Waals surface area (Å²) < 4.78 is 5.77. The number of aromatic nitrogens is 1. The second-order valence-electron chi connectivity index (χ2n) is 4.73. The molecule has 1 aromatic rings. The van der Waals surface area contributed by atoms with Crippen molar-refractivity contribution in [3.05, 3.63) is 23.5 Å². The zero-order valence-corrected chi connectivity index (χ0v) is 10.1. The molecule has 0 amide bonds. The van der Waals surface area contributed by atoms with Gasteiger partial charge in [0, 0.05) is 24.1 Å². The zero-order chi connectivity index (χ0) is 12.3. The molecule has 2 N–H and O–H groups in total. The molecule has 2 rings (SSSR count). The van der Waals surface area contributed by atoms with Gasteiger partial charge in [-0.05, 0) is 31.9 Å². The van der Waals surface area contributed by atoms with Crippen molar-refractivity contribution >= 4 is 0 Å². The summed E-state index contributed by atoms with van der Waals surface area (Å²) in [6.45, 7) is 2.90. The van der Waals surface area contributed by atoms with Gasteiger partial charge in [0.25, 0.3) is 0 Å². The fourth-order valence-corrected chi connectivity index (χ4v) is 1.82. The molecule has 0 bridgehead atoms. The van der Waals surface area contributed by atoms with E-state index in [1.807, 2.05) is 19.1 Å². The summed E-state index contributed by atoms with van der Waals surface area (Å²) in [6.07, 6.45) is 2.74. The molecule has 0 spiro atoms. The van der Waals surface area contributed by atoms with Crippen molar-refractivity contribution in [1.29, 1.82) is 5.26 Å². The van der Waals surface area contributed by atoms with Crippen LogP contribution in [-0.2, 0) is 6.54 Å². The van der Waals surface area contributed by atoms with Gasteiger partial charge in [-0.3, -0.25) is 4.98 Å². The van der Waals surface area contributed by atoms with Crippen molar-refractivity contribution in [3.8, 4) is 11.8 Å². The Kier molecular flexibility index (Phi) is 3.30. The predicted octanol–water partition coefficient (Wildman–Crippen LogP) is 1.92. The number of nitrogens with zero attached hydrogens (tertiary/aromatic N) is 2. The summed E-state index contributed by atoms with van der Waals surface area (Å²) in [5, 5.41) is 8.74. The largest absolute Gasteiger partial charge is 0.491 e. The van der Waals surface area contributed by atoms with Gasteiger partial charge >= 0.3 is 0 Å². The summed E-state index contributed by atoms with van der Waals surface area (Å²) >= 11 is 0. The molecule has 1 aliphatic rings. The monoisotopic (exact) mass is 231 g/mol. The smallest absolute Gasteiger partial charge is 0.142 e. The van der Waals surface area contributed by atoms with Gasteiger partial charge in [-0.1, -0.05) is 0 Å². The number of hydrogen-bond donors (Lipinski definition) is 1. The molecule has 1 aliphatic carbocycles. The lowest BCUT2D eigenvalue weighted by molar-refractivity contribution is 0.234. The number of pyridine rings is 1.